The molecule has 0 bridgehead atoms. The Bertz CT molecular complexity index is 2030. The fraction of sp³-hybridized carbons (Fsp3) is 0.297. The Morgan fingerprint density at radius 2 is 1.45 bits per heavy atom. The van der Waals surface area contributed by atoms with Crippen molar-refractivity contribution in [3.8, 4) is 39.4 Å². The molecule has 2 fully saturated rings. The first-order valence-corrected chi connectivity index (χ1v) is 17.2. The van der Waals surface area contributed by atoms with E-state index in [2.05, 4.69) is 21.3 Å². The highest BCUT2D eigenvalue weighted by Gasteiger charge is 2.22. The van der Waals surface area contributed by atoms with Crippen LogP contribution in [0.3, 0.4) is 0 Å². The van der Waals surface area contributed by atoms with Gasteiger partial charge in [0.1, 0.15) is 5.65 Å². The molecule has 0 aliphatic carbocycles. The molecule has 12 heteroatoms. The number of pyridine rings is 2. The average molecular weight is 699 g/mol. The van der Waals surface area contributed by atoms with Crippen molar-refractivity contribution in [1.29, 1.82) is 0 Å². The predicted octanol–water partition coefficient (Wildman–Crippen LogP) is 5.78. The van der Waals surface area contributed by atoms with Gasteiger partial charge in [0.05, 0.1) is 28.5 Å². The zero-order chi connectivity index (χ0) is 33.9. The summed E-state index contributed by atoms with van der Waals surface area (Å²) in [5.74, 6) is 0.731. The Morgan fingerprint density at radius 1 is 0.816 bits per heavy atom. The van der Waals surface area contributed by atoms with Crippen LogP contribution in [0.2, 0.25) is 10.0 Å². The van der Waals surface area contributed by atoms with E-state index in [1.54, 1.807) is 7.11 Å². The van der Waals surface area contributed by atoms with Crippen LogP contribution in [0.1, 0.15) is 36.9 Å². The SMILES string of the molecule is COc1nc(-c2cccc(-c3cccc(-c4ccn5cc(CNC[C@H]6CCC(=O)N6)nc5c4)c3Cl)c2Cl)ccc1CNC[C@H]1CCC(=O)N1. The second kappa shape index (κ2) is 14.6. The minimum atomic E-state index is 0.102. The number of carbonyl (C=O) groups excluding carboxylic acids is 2. The smallest absolute Gasteiger partial charge is 0.220 e. The van der Waals surface area contributed by atoms with E-state index in [1.807, 2.05) is 77.5 Å². The molecule has 5 heterocycles. The first-order valence-electron chi connectivity index (χ1n) is 16.5. The molecular formula is C37H37Cl2N7O3. The molecule has 252 valence electrons. The van der Waals surface area contributed by atoms with Gasteiger partial charge in [-0.2, -0.15) is 0 Å². The maximum absolute atomic E-state index is 11.5. The van der Waals surface area contributed by atoms with Crippen molar-refractivity contribution in [2.75, 3.05) is 20.2 Å². The number of benzene rings is 2. The van der Waals surface area contributed by atoms with Crippen LogP contribution in [0.25, 0.3) is 39.2 Å². The van der Waals surface area contributed by atoms with Gasteiger partial charge < -0.3 is 30.4 Å². The summed E-state index contributed by atoms with van der Waals surface area (Å²) in [5, 5.41) is 13.9. The van der Waals surface area contributed by atoms with Gasteiger partial charge in [-0.05, 0) is 36.6 Å². The molecule has 7 rings (SSSR count). The molecule has 2 amide bonds. The summed E-state index contributed by atoms with van der Waals surface area (Å²) in [5.41, 5.74) is 7.51. The van der Waals surface area contributed by atoms with Crippen LogP contribution in [-0.2, 0) is 22.7 Å². The first kappa shape index (κ1) is 33.0. The number of ether oxygens (including phenoxy) is 1. The standard InChI is InChI=1S/C37H37Cl2N7O3/c1-49-37-23(17-40-18-24-9-12-33(47)43-24)8-11-31(45-37)30-7-3-6-29(36(30)39)28-5-2-4-27(35(28)38)22-14-15-46-21-26(42-32(46)16-22)20-41-19-25-10-13-34(48)44-25/h2-8,11,14-16,21,24-25,40-41H,9-10,12-13,17-20H2,1H3,(H,43,47)(H,44,48)/t24-,25-/m1/s1. The summed E-state index contributed by atoms with van der Waals surface area (Å²) in [6, 6.07) is 20.1. The largest absolute Gasteiger partial charge is 0.481 e. The third-order valence-electron chi connectivity index (χ3n) is 9.09. The molecule has 0 saturated carbocycles. The van der Waals surface area contributed by atoms with Gasteiger partial charge >= 0.3 is 0 Å². The summed E-state index contributed by atoms with van der Waals surface area (Å²) < 4.78 is 7.65. The Labute approximate surface area is 294 Å². The number of fused-ring (bicyclic) bond motifs is 1. The number of hydrogen-bond donors (Lipinski definition) is 4. The molecule has 4 N–H and O–H groups in total. The third kappa shape index (κ3) is 7.28. The quantitative estimate of drug-likeness (QED) is 0.130. The molecule has 0 spiro atoms. The third-order valence-corrected chi connectivity index (χ3v) is 9.90. The summed E-state index contributed by atoms with van der Waals surface area (Å²) in [7, 11) is 1.60. The van der Waals surface area contributed by atoms with E-state index < -0.39 is 0 Å². The summed E-state index contributed by atoms with van der Waals surface area (Å²) in [6.45, 7) is 2.56. The highest BCUT2D eigenvalue weighted by Crippen LogP contribution is 2.42. The zero-order valence-electron chi connectivity index (χ0n) is 27.1. The van der Waals surface area contributed by atoms with Crippen molar-refractivity contribution < 1.29 is 14.3 Å². The number of rotatable bonds is 12. The highest BCUT2D eigenvalue weighted by atomic mass is 35.5. The first-order chi connectivity index (χ1) is 23.9. The summed E-state index contributed by atoms with van der Waals surface area (Å²) in [4.78, 5) is 32.6. The lowest BCUT2D eigenvalue weighted by molar-refractivity contribution is -0.120. The van der Waals surface area contributed by atoms with Gasteiger partial charge in [0.15, 0.2) is 0 Å². The second-order valence-corrected chi connectivity index (χ2v) is 13.2. The predicted molar refractivity (Wildman–Crippen MR) is 192 cm³/mol. The van der Waals surface area contributed by atoms with Crippen LogP contribution in [0.4, 0.5) is 0 Å². The minimum absolute atomic E-state index is 0.102. The number of methoxy groups -OCH3 is 1. The van der Waals surface area contributed by atoms with Crippen LogP contribution in [-0.4, -0.2) is 58.5 Å². The summed E-state index contributed by atoms with van der Waals surface area (Å²) in [6.07, 6.45) is 6.86. The number of hydrogen-bond acceptors (Lipinski definition) is 7. The molecule has 0 unspecified atom stereocenters. The lowest BCUT2D eigenvalue weighted by Crippen LogP contribution is -2.35. The number of carbonyl (C=O) groups is 2. The van der Waals surface area contributed by atoms with Crippen molar-refractivity contribution in [3.63, 3.8) is 0 Å². The van der Waals surface area contributed by atoms with E-state index in [4.69, 9.17) is 37.9 Å². The minimum Gasteiger partial charge on any atom is -0.481 e. The van der Waals surface area contributed by atoms with Crippen LogP contribution in [0.5, 0.6) is 5.88 Å². The zero-order valence-corrected chi connectivity index (χ0v) is 28.6. The van der Waals surface area contributed by atoms with E-state index in [0.29, 0.717) is 60.6 Å². The summed E-state index contributed by atoms with van der Waals surface area (Å²) >= 11 is 14.2. The van der Waals surface area contributed by atoms with Crippen molar-refractivity contribution in [2.24, 2.45) is 0 Å². The molecule has 5 aromatic rings. The van der Waals surface area contributed by atoms with Crippen molar-refractivity contribution >= 4 is 40.7 Å². The Balaban J connectivity index is 1.09. The van der Waals surface area contributed by atoms with Crippen LogP contribution in [0, 0.1) is 0 Å². The number of halogens is 2. The number of amides is 2. The lowest BCUT2D eigenvalue weighted by atomic mass is 9.97. The van der Waals surface area contributed by atoms with Crippen molar-refractivity contribution in [3.05, 3.63) is 94.4 Å². The Morgan fingerprint density at radius 3 is 2.10 bits per heavy atom. The van der Waals surface area contributed by atoms with Gasteiger partial charge in [0.25, 0.3) is 0 Å². The van der Waals surface area contributed by atoms with Gasteiger partial charge in [-0.15, -0.1) is 0 Å². The van der Waals surface area contributed by atoms with Gasteiger partial charge in [-0.25, -0.2) is 9.97 Å². The highest BCUT2D eigenvalue weighted by molar-refractivity contribution is 6.39. The number of nitrogens with zero attached hydrogens (tertiary/aromatic N) is 3. The number of aromatic nitrogens is 3. The van der Waals surface area contributed by atoms with Crippen molar-refractivity contribution in [1.82, 2.24) is 35.6 Å². The van der Waals surface area contributed by atoms with Crippen molar-refractivity contribution in [2.45, 2.75) is 50.9 Å². The van der Waals surface area contributed by atoms with Gasteiger partial charge in [0.2, 0.25) is 17.7 Å². The van der Waals surface area contributed by atoms with Crippen LogP contribution >= 0.6 is 23.2 Å². The van der Waals surface area contributed by atoms with Crippen LogP contribution in [0.15, 0.2) is 73.1 Å². The normalized spacial score (nSPS) is 17.4. The Hall–Kier alpha value is -4.48. The molecule has 2 atom stereocenters. The fourth-order valence-electron chi connectivity index (χ4n) is 6.53. The maximum atomic E-state index is 11.5. The molecule has 2 aromatic carbocycles. The molecule has 10 nitrogen and oxygen atoms in total. The molecule has 0 radical (unpaired) electrons. The van der Waals surface area contributed by atoms with E-state index in [9.17, 15) is 9.59 Å². The maximum Gasteiger partial charge on any atom is 0.220 e. The molecule has 2 aliphatic heterocycles. The fourth-order valence-corrected chi connectivity index (χ4v) is 7.20. The second-order valence-electron chi connectivity index (χ2n) is 12.5. The van der Waals surface area contributed by atoms with Gasteiger partial charge in [-0.3, -0.25) is 9.59 Å². The van der Waals surface area contributed by atoms with E-state index in [-0.39, 0.29) is 23.9 Å². The van der Waals surface area contributed by atoms with E-state index in [1.165, 1.54) is 0 Å². The van der Waals surface area contributed by atoms with E-state index >= 15 is 0 Å². The lowest BCUT2D eigenvalue weighted by Gasteiger charge is -2.15. The Kier molecular flexibility index (Phi) is 9.81. The van der Waals surface area contributed by atoms with Crippen LogP contribution < -0.4 is 26.0 Å². The number of imidazole rings is 1. The molecular weight excluding hydrogens is 661 g/mol. The van der Waals surface area contributed by atoms with E-state index in [0.717, 1.165) is 57.6 Å². The average Bonchev–Trinajstić information content (AvgIpc) is 3.84. The molecule has 2 aliphatic rings. The molecule has 3 aromatic heterocycles. The topological polar surface area (TPSA) is 122 Å². The molecule has 49 heavy (non-hydrogen) atoms. The molecule has 2 saturated heterocycles. The van der Waals surface area contributed by atoms with Gasteiger partial charge in [-0.1, -0.05) is 65.7 Å². The monoisotopic (exact) mass is 697 g/mol. The number of nitrogens with one attached hydrogen (secondary N) is 4. The van der Waals surface area contributed by atoms with Gasteiger partial charge in [0, 0.05) is 91.3 Å².